The number of nitrogens with zero attached hydrogens (tertiary/aromatic N) is 3. The van der Waals surface area contributed by atoms with E-state index >= 15 is 0 Å². The standard InChI is InChI=1S/C25H26N4O5S/c1-17-8-13-23(14-18(17)2)28(35(4,33)34)16-20-9-11-21(12-10-20)25(30)27-26-19(3)22-6-5-7-24(15-22)29(31)32/h5-15H,16H2,1-4H3,(H,27,30)/b26-19-. The van der Waals surface area contributed by atoms with Crippen LogP contribution in [0.2, 0.25) is 0 Å². The number of nitro groups is 1. The predicted octanol–water partition coefficient (Wildman–Crippen LogP) is 4.33. The number of nitro benzene ring substituents is 1. The molecule has 9 nitrogen and oxygen atoms in total. The number of hydrazone groups is 1. The fourth-order valence-electron chi connectivity index (χ4n) is 3.32. The van der Waals surface area contributed by atoms with E-state index in [0.717, 1.165) is 17.4 Å². The third kappa shape index (κ3) is 6.51. The number of rotatable bonds is 8. The quantitative estimate of drug-likeness (QED) is 0.284. The molecule has 0 heterocycles. The Bertz CT molecular complexity index is 1400. The number of hydrogen-bond donors (Lipinski definition) is 1. The summed E-state index contributed by atoms with van der Waals surface area (Å²) in [6.07, 6.45) is 1.16. The lowest BCUT2D eigenvalue weighted by Gasteiger charge is -2.23. The Labute approximate surface area is 204 Å². The van der Waals surface area contributed by atoms with E-state index in [-0.39, 0.29) is 12.2 Å². The van der Waals surface area contributed by atoms with Gasteiger partial charge in [-0.25, -0.2) is 13.8 Å². The van der Waals surface area contributed by atoms with E-state index < -0.39 is 20.9 Å². The van der Waals surface area contributed by atoms with Crippen LogP contribution in [0, 0.1) is 24.0 Å². The van der Waals surface area contributed by atoms with Crippen LogP contribution in [0.4, 0.5) is 11.4 Å². The molecule has 0 fully saturated rings. The molecule has 3 aromatic rings. The largest absolute Gasteiger partial charge is 0.271 e. The first-order chi connectivity index (χ1) is 16.5. The minimum absolute atomic E-state index is 0.0668. The van der Waals surface area contributed by atoms with Gasteiger partial charge < -0.3 is 0 Å². The van der Waals surface area contributed by atoms with Gasteiger partial charge in [-0.3, -0.25) is 19.2 Å². The second-order valence-electron chi connectivity index (χ2n) is 8.18. The molecule has 0 atom stereocenters. The van der Waals surface area contributed by atoms with Crippen molar-refractivity contribution in [1.82, 2.24) is 5.43 Å². The van der Waals surface area contributed by atoms with Crippen molar-refractivity contribution in [2.45, 2.75) is 27.3 Å². The normalized spacial score (nSPS) is 11.7. The van der Waals surface area contributed by atoms with Gasteiger partial charge in [0.05, 0.1) is 29.1 Å². The lowest BCUT2D eigenvalue weighted by Crippen LogP contribution is -2.29. The topological polar surface area (TPSA) is 122 Å². The number of benzene rings is 3. The highest BCUT2D eigenvalue weighted by molar-refractivity contribution is 7.92. The van der Waals surface area contributed by atoms with Crippen LogP contribution in [-0.4, -0.2) is 31.2 Å². The third-order valence-corrected chi connectivity index (χ3v) is 6.66. The van der Waals surface area contributed by atoms with Crippen LogP contribution in [0.15, 0.2) is 71.8 Å². The minimum atomic E-state index is -3.53. The summed E-state index contributed by atoms with van der Waals surface area (Å²) in [5.74, 6) is -0.463. The molecule has 182 valence electrons. The van der Waals surface area contributed by atoms with Crippen molar-refractivity contribution < 1.29 is 18.1 Å². The van der Waals surface area contributed by atoms with E-state index in [1.807, 2.05) is 26.0 Å². The van der Waals surface area contributed by atoms with E-state index in [9.17, 15) is 23.3 Å². The Morgan fingerprint density at radius 1 is 1.00 bits per heavy atom. The van der Waals surface area contributed by atoms with Gasteiger partial charge in [-0.05, 0) is 61.7 Å². The Kier molecular flexibility index (Phi) is 7.65. The van der Waals surface area contributed by atoms with E-state index in [2.05, 4.69) is 10.5 Å². The van der Waals surface area contributed by atoms with Crippen molar-refractivity contribution in [2.24, 2.45) is 5.10 Å². The van der Waals surface area contributed by atoms with Crippen molar-refractivity contribution in [2.75, 3.05) is 10.6 Å². The molecule has 0 radical (unpaired) electrons. The average molecular weight is 495 g/mol. The van der Waals surface area contributed by atoms with Gasteiger partial charge in [0.1, 0.15) is 0 Å². The Morgan fingerprint density at radius 3 is 2.29 bits per heavy atom. The molecule has 0 aliphatic carbocycles. The van der Waals surface area contributed by atoms with E-state index in [1.54, 1.807) is 49.4 Å². The number of sulfonamides is 1. The number of nitrogens with one attached hydrogen (secondary N) is 1. The fourth-order valence-corrected chi connectivity index (χ4v) is 4.20. The van der Waals surface area contributed by atoms with Gasteiger partial charge >= 0.3 is 0 Å². The molecule has 0 saturated carbocycles. The summed E-state index contributed by atoms with van der Waals surface area (Å²) in [5, 5.41) is 15.0. The SMILES string of the molecule is C/C(=N/NC(=O)c1ccc(CN(c2ccc(C)c(C)c2)S(C)(=O)=O)cc1)c1cccc([N+](=O)[O-])c1. The Morgan fingerprint density at radius 2 is 1.69 bits per heavy atom. The summed E-state index contributed by atoms with van der Waals surface area (Å²) in [7, 11) is -3.53. The molecule has 35 heavy (non-hydrogen) atoms. The Hall–Kier alpha value is -4.05. The lowest BCUT2D eigenvalue weighted by molar-refractivity contribution is -0.384. The van der Waals surface area contributed by atoms with Crippen LogP contribution in [0.25, 0.3) is 0 Å². The highest BCUT2D eigenvalue weighted by atomic mass is 32.2. The molecule has 10 heteroatoms. The molecule has 0 bridgehead atoms. The molecule has 3 aromatic carbocycles. The highest BCUT2D eigenvalue weighted by Gasteiger charge is 2.19. The number of carbonyl (C=O) groups is 1. The first kappa shape index (κ1) is 25.6. The zero-order valence-electron chi connectivity index (χ0n) is 19.8. The van der Waals surface area contributed by atoms with Crippen molar-refractivity contribution in [1.29, 1.82) is 0 Å². The number of anilines is 1. The summed E-state index contributed by atoms with van der Waals surface area (Å²) in [6.45, 7) is 5.64. The summed E-state index contributed by atoms with van der Waals surface area (Å²) in [5.41, 5.74) is 6.98. The van der Waals surface area contributed by atoms with Crippen LogP contribution in [-0.2, 0) is 16.6 Å². The van der Waals surface area contributed by atoms with Crippen molar-refractivity contribution in [3.8, 4) is 0 Å². The second-order valence-corrected chi connectivity index (χ2v) is 10.1. The monoisotopic (exact) mass is 494 g/mol. The first-order valence-corrected chi connectivity index (χ1v) is 12.5. The zero-order chi connectivity index (χ0) is 25.8. The summed E-state index contributed by atoms with van der Waals surface area (Å²) >= 11 is 0. The van der Waals surface area contributed by atoms with Crippen LogP contribution >= 0.6 is 0 Å². The van der Waals surface area contributed by atoms with E-state index in [0.29, 0.717) is 28.1 Å². The first-order valence-electron chi connectivity index (χ1n) is 10.7. The van der Waals surface area contributed by atoms with Gasteiger partial charge in [0.25, 0.3) is 11.6 Å². The van der Waals surface area contributed by atoms with Crippen LogP contribution in [0.3, 0.4) is 0 Å². The molecule has 1 amide bonds. The summed E-state index contributed by atoms with van der Waals surface area (Å²) < 4.78 is 26.2. The predicted molar refractivity (Wildman–Crippen MR) is 136 cm³/mol. The van der Waals surface area contributed by atoms with Gasteiger partial charge in [-0.2, -0.15) is 5.10 Å². The van der Waals surface area contributed by atoms with Gasteiger partial charge in [-0.1, -0.05) is 30.3 Å². The molecule has 0 aliphatic heterocycles. The molecule has 0 unspecified atom stereocenters. The average Bonchev–Trinajstić information content (AvgIpc) is 2.82. The molecule has 3 rings (SSSR count). The highest BCUT2D eigenvalue weighted by Crippen LogP contribution is 2.23. The number of carbonyl (C=O) groups excluding carboxylic acids is 1. The number of aryl methyl sites for hydroxylation is 2. The maximum absolute atomic E-state index is 12.5. The smallest absolute Gasteiger partial charge is 0.267 e. The van der Waals surface area contributed by atoms with Crippen molar-refractivity contribution in [3.05, 3.63) is 105 Å². The van der Waals surface area contributed by atoms with Crippen molar-refractivity contribution in [3.63, 3.8) is 0 Å². The summed E-state index contributed by atoms with van der Waals surface area (Å²) in [4.78, 5) is 23.0. The molecule has 0 aromatic heterocycles. The molecule has 1 N–H and O–H groups in total. The number of hydrogen-bond acceptors (Lipinski definition) is 6. The minimum Gasteiger partial charge on any atom is -0.267 e. The zero-order valence-corrected chi connectivity index (χ0v) is 20.7. The summed E-state index contributed by atoms with van der Waals surface area (Å²) in [6, 6.07) is 18.0. The van der Waals surface area contributed by atoms with Crippen LogP contribution < -0.4 is 9.73 Å². The molecule has 0 spiro atoms. The number of amides is 1. The number of non-ortho nitro benzene ring substituents is 1. The van der Waals surface area contributed by atoms with Crippen LogP contribution in [0.5, 0.6) is 0 Å². The van der Waals surface area contributed by atoms with Gasteiger partial charge in [-0.15, -0.1) is 0 Å². The van der Waals surface area contributed by atoms with Crippen LogP contribution in [0.1, 0.15) is 39.5 Å². The lowest BCUT2D eigenvalue weighted by atomic mass is 10.1. The van der Waals surface area contributed by atoms with E-state index in [4.69, 9.17) is 0 Å². The Balaban J connectivity index is 1.73. The third-order valence-electron chi connectivity index (χ3n) is 5.52. The fraction of sp³-hybridized carbons (Fsp3) is 0.200. The molecule has 0 saturated heterocycles. The van der Waals surface area contributed by atoms with Gasteiger partial charge in [0.15, 0.2) is 0 Å². The van der Waals surface area contributed by atoms with Gasteiger partial charge in [0, 0.05) is 23.3 Å². The van der Waals surface area contributed by atoms with Gasteiger partial charge in [0.2, 0.25) is 10.0 Å². The molecule has 0 aliphatic rings. The maximum atomic E-state index is 12.5. The second kappa shape index (κ2) is 10.5. The molecular weight excluding hydrogens is 468 g/mol. The molecular formula is C25H26N4O5S. The van der Waals surface area contributed by atoms with Crippen molar-refractivity contribution >= 4 is 33.0 Å². The van der Waals surface area contributed by atoms with E-state index in [1.165, 1.54) is 16.4 Å². The maximum Gasteiger partial charge on any atom is 0.271 e.